The zero-order chi connectivity index (χ0) is 8.97. The lowest BCUT2D eigenvalue weighted by molar-refractivity contribution is 0.588. The smallest absolute Gasteiger partial charge is 0.0966 e. The van der Waals surface area contributed by atoms with Crippen molar-refractivity contribution < 1.29 is 4.39 Å². The van der Waals surface area contributed by atoms with Gasteiger partial charge in [0.05, 0.1) is 5.83 Å². The zero-order valence-electron chi connectivity index (χ0n) is 7.73. The summed E-state index contributed by atoms with van der Waals surface area (Å²) < 4.78 is 12.9. The maximum atomic E-state index is 12.9. The van der Waals surface area contributed by atoms with Crippen LogP contribution in [0.15, 0.2) is 35.2 Å². The molecule has 0 aromatic heterocycles. The summed E-state index contributed by atoms with van der Waals surface area (Å²) in [5.74, 6) is 0.0185. The molecule has 1 aliphatic carbocycles. The zero-order valence-corrected chi connectivity index (χ0v) is 7.73. The van der Waals surface area contributed by atoms with Gasteiger partial charge in [0.1, 0.15) is 0 Å². The summed E-state index contributed by atoms with van der Waals surface area (Å²) in [5.41, 5.74) is 2.54. The molecule has 0 aromatic carbocycles. The van der Waals surface area contributed by atoms with Gasteiger partial charge in [0, 0.05) is 6.42 Å². The Morgan fingerprint density at radius 3 is 2.50 bits per heavy atom. The van der Waals surface area contributed by atoms with E-state index in [2.05, 4.69) is 26.0 Å². The highest BCUT2D eigenvalue weighted by Gasteiger charge is 1.98. The van der Waals surface area contributed by atoms with Crippen LogP contribution in [0.4, 0.5) is 4.39 Å². The van der Waals surface area contributed by atoms with Crippen LogP contribution in [0.1, 0.15) is 33.1 Å². The molecule has 0 nitrogen and oxygen atoms in total. The third-order valence-corrected chi connectivity index (χ3v) is 2.22. The van der Waals surface area contributed by atoms with Gasteiger partial charge in [-0.2, -0.15) is 0 Å². The molecule has 0 saturated heterocycles. The predicted octanol–water partition coefficient (Wildman–Crippen LogP) is 3.92. The number of hydrogen-bond donors (Lipinski definition) is 0. The van der Waals surface area contributed by atoms with E-state index < -0.39 is 0 Å². The van der Waals surface area contributed by atoms with Gasteiger partial charge >= 0.3 is 0 Å². The first kappa shape index (κ1) is 9.24. The van der Waals surface area contributed by atoms with Gasteiger partial charge < -0.3 is 0 Å². The van der Waals surface area contributed by atoms with E-state index in [0.717, 1.165) is 12.8 Å². The van der Waals surface area contributed by atoms with Gasteiger partial charge in [0.25, 0.3) is 0 Å². The lowest BCUT2D eigenvalue weighted by atomic mass is 10.1. The Morgan fingerprint density at radius 1 is 1.08 bits per heavy atom. The van der Waals surface area contributed by atoms with Crippen LogP contribution < -0.4 is 0 Å². The second kappa shape index (κ2) is 4.24. The molecule has 0 saturated carbocycles. The molecule has 0 spiro atoms. The lowest BCUT2D eigenvalue weighted by Crippen LogP contribution is -1.78. The second-order valence-corrected chi connectivity index (χ2v) is 3.20. The average Bonchev–Trinajstić information content (AvgIpc) is 2.08. The van der Waals surface area contributed by atoms with E-state index in [0.29, 0.717) is 6.42 Å². The Kier molecular flexibility index (Phi) is 3.27. The molecule has 0 amide bonds. The quantitative estimate of drug-likeness (QED) is 0.511. The van der Waals surface area contributed by atoms with E-state index >= 15 is 0 Å². The van der Waals surface area contributed by atoms with Crippen LogP contribution in [-0.2, 0) is 0 Å². The molecule has 12 heavy (non-hydrogen) atoms. The van der Waals surface area contributed by atoms with E-state index in [-0.39, 0.29) is 5.83 Å². The Hall–Kier alpha value is -0.850. The summed E-state index contributed by atoms with van der Waals surface area (Å²) in [4.78, 5) is 0. The Balaban J connectivity index is 2.77. The van der Waals surface area contributed by atoms with Crippen molar-refractivity contribution >= 4 is 0 Å². The summed E-state index contributed by atoms with van der Waals surface area (Å²) in [5, 5.41) is 0. The van der Waals surface area contributed by atoms with E-state index in [4.69, 9.17) is 0 Å². The van der Waals surface area contributed by atoms with Crippen molar-refractivity contribution in [3.8, 4) is 0 Å². The van der Waals surface area contributed by atoms with Gasteiger partial charge in [-0.15, -0.1) is 0 Å². The van der Waals surface area contributed by atoms with Crippen LogP contribution >= 0.6 is 0 Å². The second-order valence-electron chi connectivity index (χ2n) is 3.20. The summed E-state index contributed by atoms with van der Waals surface area (Å²) in [6, 6.07) is 0. The highest BCUT2D eigenvalue weighted by Crippen LogP contribution is 2.17. The van der Waals surface area contributed by atoms with Gasteiger partial charge in [0.15, 0.2) is 0 Å². The van der Waals surface area contributed by atoms with Gasteiger partial charge in [-0.05, 0) is 32.8 Å². The highest BCUT2D eigenvalue weighted by molar-refractivity contribution is 5.28. The minimum atomic E-state index is 0.0185. The fraction of sp³-hybridized carbons (Fsp3) is 0.455. The molecule has 0 atom stereocenters. The summed E-state index contributed by atoms with van der Waals surface area (Å²) in [6.07, 6.45) is 7.93. The topological polar surface area (TPSA) is 0 Å². The number of rotatable bonds is 0. The third kappa shape index (κ3) is 2.65. The molecule has 0 bridgehead atoms. The van der Waals surface area contributed by atoms with E-state index in [9.17, 15) is 4.39 Å². The molecule has 1 rings (SSSR count). The molecular formula is C11H15F. The normalized spacial score (nSPS) is 32.8. The number of allylic oxidation sites excluding steroid dienone is 6. The molecule has 0 unspecified atom stereocenters. The maximum Gasteiger partial charge on any atom is 0.0966 e. The largest absolute Gasteiger partial charge is 0.212 e. The Labute approximate surface area is 73.5 Å². The summed E-state index contributed by atoms with van der Waals surface area (Å²) in [7, 11) is 0. The molecule has 1 aliphatic rings. The first-order valence-electron chi connectivity index (χ1n) is 4.38. The molecule has 0 N–H and O–H groups in total. The van der Waals surface area contributed by atoms with Crippen LogP contribution in [0, 0.1) is 0 Å². The van der Waals surface area contributed by atoms with Gasteiger partial charge in [-0.3, -0.25) is 0 Å². The first-order chi connectivity index (χ1) is 5.70. The van der Waals surface area contributed by atoms with E-state index in [1.165, 1.54) is 11.1 Å². The predicted molar refractivity (Wildman–Crippen MR) is 50.6 cm³/mol. The standard InChI is InChI=1S/C11H15F/c1-9-5-3-7-11(12)8-4-6-10(9)2/h5-7H,3-4,8H2,1-2H3/b9-5-,10-6-,11-7+. The number of halogens is 1. The molecule has 0 radical (unpaired) electrons. The summed E-state index contributed by atoms with van der Waals surface area (Å²) in [6.45, 7) is 4.15. The minimum Gasteiger partial charge on any atom is -0.212 e. The Bertz CT molecular complexity index is 244. The monoisotopic (exact) mass is 166 g/mol. The molecule has 66 valence electrons. The van der Waals surface area contributed by atoms with Crippen LogP contribution in [-0.4, -0.2) is 0 Å². The van der Waals surface area contributed by atoms with Gasteiger partial charge in [0.2, 0.25) is 0 Å². The van der Waals surface area contributed by atoms with Crippen LogP contribution in [0.3, 0.4) is 0 Å². The van der Waals surface area contributed by atoms with E-state index in [1.54, 1.807) is 6.08 Å². The first-order valence-corrected chi connectivity index (χ1v) is 4.38. The van der Waals surface area contributed by atoms with Crippen molar-refractivity contribution in [3.05, 3.63) is 35.2 Å². The molecule has 0 aliphatic heterocycles. The highest BCUT2D eigenvalue weighted by atomic mass is 19.1. The third-order valence-electron chi connectivity index (χ3n) is 2.22. The van der Waals surface area contributed by atoms with Crippen molar-refractivity contribution in [2.45, 2.75) is 33.1 Å². The number of hydrogen-bond acceptors (Lipinski definition) is 0. The fourth-order valence-corrected chi connectivity index (χ4v) is 1.21. The van der Waals surface area contributed by atoms with Crippen molar-refractivity contribution in [1.29, 1.82) is 0 Å². The van der Waals surface area contributed by atoms with E-state index in [1.807, 2.05) is 0 Å². The average molecular weight is 166 g/mol. The molecular weight excluding hydrogens is 151 g/mol. The fourth-order valence-electron chi connectivity index (χ4n) is 1.21. The van der Waals surface area contributed by atoms with Crippen molar-refractivity contribution in [2.75, 3.05) is 0 Å². The molecule has 0 aromatic rings. The van der Waals surface area contributed by atoms with Crippen molar-refractivity contribution in [1.82, 2.24) is 0 Å². The van der Waals surface area contributed by atoms with Crippen LogP contribution in [0.2, 0.25) is 0 Å². The molecule has 0 fully saturated rings. The van der Waals surface area contributed by atoms with Gasteiger partial charge in [-0.1, -0.05) is 23.3 Å². The Morgan fingerprint density at radius 2 is 1.75 bits per heavy atom. The van der Waals surface area contributed by atoms with Crippen LogP contribution in [0.25, 0.3) is 0 Å². The summed E-state index contributed by atoms with van der Waals surface area (Å²) >= 11 is 0. The maximum absolute atomic E-state index is 12.9. The van der Waals surface area contributed by atoms with Crippen molar-refractivity contribution in [2.24, 2.45) is 0 Å². The lowest BCUT2D eigenvalue weighted by Gasteiger charge is -1.98. The molecule has 0 heterocycles. The van der Waals surface area contributed by atoms with Crippen molar-refractivity contribution in [3.63, 3.8) is 0 Å². The van der Waals surface area contributed by atoms with Gasteiger partial charge in [-0.25, -0.2) is 4.39 Å². The minimum absolute atomic E-state index is 0.0185. The molecule has 1 heteroatoms. The van der Waals surface area contributed by atoms with Crippen LogP contribution in [0.5, 0.6) is 0 Å². The SMILES string of the molecule is CC1=C/C/C=C(/F)CC/C=C\1C.